The summed E-state index contributed by atoms with van der Waals surface area (Å²) in [6.07, 6.45) is 2.91. The number of imidazole rings is 1. The molecule has 2 aromatic rings. The lowest BCUT2D eigenvalue weighted by atomic mass is 10.2. The number of fused-ring (bicyclic) bond motifs is 1. The molecule has 0 fully saturated rings. The Morgan fingerprint density at radius 1 is 1.39 bits per heavy atom. The first kappa shape index (κ1) is 16.0. The molecule has 0 radical (unpaired) electrons. The van der Waals surface area contributed by atoms with Gasteiger partial charge in [-0.2, -0.15) is 0 Å². The number of ether oxygens (including phenoxy) is 2. The van der Waals surface area contributed by atoms with Gasteiger partial charge in [-0.05, 0) is 24.3 Å². The van der Waals surface area contributed by atoms with Crippen molar-refractivity contribution in [3.05, 3.63) is 36.3 Å². The van der Waals surface area contributed by atoms with Crippen LogP contribution >= 0.6 is 0 Å². The molecule has 0 saturated carbocycles. The quantitative estimate of drug-likeness (QED) is 0.880. The maximum atomic E-state index is 11.2. The highest BCUT2D eigenvalue weighted by Crippen LogP contribution is 2.24. The monoisotopic (exact) mass is 337 g/mol. The van der Waals surface area contributed by atoms with E-state index in [1.807, 2.05) is 35.0 Å². The number of rotatable bonds is 5. The fourth-order valence-electron chi connectivity index (χ4n) is 2.46. The van der Waals surface area contributed by atoms with Crippen LogP contribution in [0.1, 0.15) is 5.82 Å². The SMILES string of the molecule is COc1ccc(-c2cn3c(n2)CO[C@@H](CNS(C)(=O)=O)C3)cc1. The van der Waals surface area contributed by atoms with Gasteiger partial charge < -0.3 is 14.0 Å². The van der Waals surface area contributed by atoms with Crippen LogP contribution in [-0.2, 0) is 27.9 Å². The molecule has 0 spiro atoms. The Morgan fingerprint density at radius 2 is 2.13 bits per heavy atom. The van der Waals surface area contributed by atoms with Crippen molar-refractivity contribution in [2.45, 2.75) is 19.3 Å². The minimum Gasteiger partial charge on any atom is -0.497 e. The molecule has 1 atom stereocenters. The normalized spacial score (nSPS) is 17.7. The standard InChI is InChI=1S/C15H19N3O4S/c1-21-12-5-3-11(4-6-12)14-9-18-8-13(7-16-23(2,19)20)22-10-15(18)17-14/h3-6,9,13,16H,7-8,10H2,1-2H3/t13-/m0/s1. The molecule has 1 aliphatic heterocycles. The van der Waals surface area contributed by atoms with E-state index in [2.05, 4.69) is 9.71 Å². The third kappa shape index (κ3) is 3.90. The van der Waals surface area contributed by atoms with E-state index in [4.69, 9.17) is 9.47 Å². The van der Waals surface area contributed by atoms with Gasteiger partial charge in [0.05, 0.1) is 31.7 Å². The van der Waals surface area contributed by atoms with Gasteiger partial charge in [0.15, 0.2) is 0 Å². The van der Waals surface area contributed by atoms with Gasteiger partial charge in [-0.3, -0.25) is 0 Å². The predicted molar refractivity (Wildman–Crippen MR) is 85.6 cm³/mol. The summed E-state index contributed by atoms with van der Waals surface area (Å²) in [6.45, 7) is 1.20. The lowest BCUT2D eigenvalue weighted by molar-refractivity contribution is 0.00588. The highest BCUT2D eigenvalue weighted by atomic mass is 32.2. The van der Waals surface area contributed by atoms with Crippen LogP contribution in [0.5, 0.6) is 5.75 Å². The second-order valence-corrected chi connectivity index (χ2v) is 7.31. The number of hydrogen-bond acceptors (Lipinski definition) is 5. The van der Waals surface area contributed by atoms with Crippen molar-refractivity contribution in [2.24, 2.45) is 0 Å². The molecule has 3 rings (SSSR count). The molecule has 0 unspecified atom stereocenters. The number of methoxy groups -OCH3 is 1. The fourth-order valence-corrected chi connectivity index (χ4v) is 2.95. The van der Waals surface area contributed by atoms with Gasteiger partial charge in [-0.1, -0.05) is 0 Å². The molecule has 1 aromatic carbocycles. The summed E-state index contributed by atoms with van der Waals surface area (Å²) in [6, 6.07) is 7.69. The summed E-state index contributed by atoms with van der Waals surface area (Å²) < 4.78 is 37.6. The topological polar surface area (TPSA) is 82.4 Å². The van der Waals surface area contributed by atoms with E-state index in [0.717, 1.165) is 29.1 Å². The molecular formula is C15H19N3O4S. The van der Waals surface area contributed by atoms with E-state index in [0.29, 0.717) is 13.2 Å². The van der Waals surface area contributed by atoms with Crippen LogP contribution in [-0.4, -0.2) is 44.0 Å². The first-order chi connectivity index (χ1) is 10.9. The van der Waals surface area contributed by atoms with Gasteiger partial charge in [0.2, 0.25) is 10.0 Å². The first-order valence-electron chi connectivity index (χ1n) is 7.21. The van der Waals surface area contributed by atoms with Crippen LogP contribution in [0.2, 0.25) is 0 Å². The number of nitrogens with zero attached hydrogens (tertiary/aromatic N) is 2. The molecule has 2 heterocycles. The van der Waals surface area contributed by atoms with E-state index >= 15 is 0 Å². The first-order valence-corrected chi connectivity index (χ1v) is 9.10. The third-order valence-electron chi connectivity index (χ3n) is 3.67. The number of aromatic nitrogens is 2. The van der Waals surface area contributed by atoms with E-state index in [9.17, 15) is 8.42 Å². The van der Waals surface area contributed by atoms with Gasteiger partial charge in [-0.25, -0.2) is 18.1 Å². The summed E-state index contributed by atoms with van der Waals surface area (Å²) >= 11 is 0. The Hall–Kier alpha value is -1.90. The zero-order chi connectivity index (χ0) is 16.4. The van der Waals surface area contributed by atoms with E-state index in [1.165, 1.54) is 0 Å². The minimum absolute atomic E-state index is 0.199. The number of benzene rings is 1. The van der Waals surface area contributed by atoms with E-state index in [-0.39, 0.29) is 12.6 Å². The van der Waals surface area contributed by atoms with Crippen molar-refractivity contribution in [3.63, 3.8) is 0 Å². The highest BCUT2D eigenvalue weighted by molar-refractivity contribution is 7.88. The molecule has 1 N–H and O–H groups in total. The van der Waals surface area contributed by atoms with Crippen molar-refractivity contribution in [1.29, 1.82) is 0 Å². The predicted octanol–water partition coefficient (Wildman–Crippen LogP) is 1.01. The summed E-state index contributed by atoms with van der Waals surface area (Å²) in [5, 5.41) is 0. The fraction of sp³-hybridized carbons (Fsp3) is 0.400. The highest BCUT2D eigenvalue weighted by Gasteiger charge is 2.22. The summed E-state index contributed by atoms with van der Waals surface area (Å²) in [7, 11) is -1.58. The minimum atomic E-state index is -3.21. The maximum Gasteiger partial charge on any atom is 0.208 e. The summed E-state index contributed by atoms with van der Waals surface area (Å²) in [4.78, 5) is 4.58. The second-order valence-electron chi connectivity index (χ2n) is 5.48. The summed E-state index contributed by atoms with van der Waals surface area (Å²) in [5.41, 5.74) is 1.86. The Balaban J connectivity index is 1.73. The molecule has 124 valence electrons. The Bertz CT molecular complexity index is 784. The number of hydrogen-bond donors (Lipinski definition) is 1. The van der Waals surface area contributed by atoms with Crippen LogP contribution in [0.3, 0.4) is 0 Å². The zero-order valence-electron chi connectivity index (χ0n) is 13.0. The number of nitrogens with one attached hydrogen (secondary N) is 1. The van der Waals surface area contributed by atoms with Gasteiger partial charge in [0.1, 0.15) is 18.2 Å². The molecule has 23 heavy (non-hydrogen) atoms. The van der Waals surface area contributed by atoms with Crippen molar-refractivity contribution in [1.82, 2.24) is 14.3 Å². The average Bonchev–Trinajstić information content (AvgIpc) is 2.95. The molecule has 0 amide bonds. The average molecular weight is 337 g/mol. The van der Waals surface area contributed by atoms with E-state index < -0.39 is 10.0 Å². The Kier molecular flexibility index (Phi) is 4.38. The zero-order valence-corrected chi connectivity index (χ0v) is 13.8. The molecule has 1 aliphatic rings. The Labute approximate surface area is 135 Å². The van der Waals surface area contributed by atoms with Gasteiger partial charge in [-0.15, -0.1) is 0 Å². The largest absolute Gasteiger partial charge is 0.497 e. The third-order valence-corrected chi connectivity index (χ3v) is 4.36. The molecular weight excluding hydrogens is 318 g/mol. The Morgan fingerprint density at radius 3 is 2.78 bits per heavy atom. The van der Waals surface area contributed by atoms with Crippen molar-refractivity contribution >= 4 is 10.0 Å². The van der Waals surface area contributed by atoms with Crippen molar-refractivity contribution < 1.29 is 17.9 Å². The van der Waals surface area contributed by atoms with E-state index in [1.54, 1.807) is 7.11 Å². The van der Waals surface area contributed by atoms with Crippen molar-refractivity contribution in [3.8, 4) is 17.0 Å². The molecule has 0 bridgehead atoms. The molecule has 1 aromatic heterocycles. The van der Waals surface area contributed by atoms with Crippen molar-refractivity contribution in [2.75, 3.05) is 19.9 Å². The van der Waals surface area contributed by atoms with Gasteiger partial charge >= 0.3 is 0 Å². The van der Waals surface area contributed by atoms with Crippen LogP contribution < -0.4 is 9.46 Å². The summed E-state index contributed by atoms with van der Waals surface area (Å²) in [5.74, 6) is 1.64. The van der Waals surface area contributed by atoms with Crippen LogP contribution in [0.25, 0.3) is 11.3 Å². The van der Waals surface area contributed by atoms with Gasteiger partial charge in [0, 0.05) is 18.3 Å². The van der Waals surface area contributed by atoms with Crippen LogP contribution in [0.15, 0.2) is 30.5 Å². The molecule has 7 nitrogen and oxygen atoms in total. The lowest BCUT2D eigenvalue weighted by Gasteiger charge is -2.24. The molecule has 0 saturated heterocycles. The maximum absolute atomic E-state index is 11.2. The smallest absolute Gasteiger partial charge is 0.208 e. The lowest BCUT2D eigenvalue weighted by Crippen LogP contribution is -2.38. The van der Waals surface area contributed by atoms with Crippen LogP contribution in [0.4, 0.5) is 0 Å². The molecule has 8 heteroatoms. The molecule has 0 aliphatic carbocycles. The second kappa shape index (κ2) is 6.31. The number of sulfonamides is 1. The van der Waals surface area contributed by atoms with Crippen LogP contribution in [0, 0.1) is 0 Å². The van der Waals surface area contributed by atoms with Gasteiger partial charge in [0.25, 0.3) is 0 Å².